The summed E-state index contributed by atoms with van der Waals surface area (Å²) in [6, 6.07) is 13.9. The second-order valence-corrected chi connectivity index (χ2v) is 12.2. The van der Waals surface area contributed by atoms with Gasteiger partial charge in [-0.2, -0.15) is 5.10 Å². The van der Waals surface area contributed by atoms with Crippen LogP contribution in [0.4, 0.5) is 5.82 Å². The number of nitrogens with zero attached hydrogens (tertiary/aromatic N) is 3. The van der Waals surface area contributed by atoms with E-state index in [1.54, 1.807) is 16.7 Å². The van der Waals surface area contributed by atoms with E-state index in [0.717, 1.165) is 28.1 Å². The number of rotatable bonds is 5. The predicted molar refractivity (Wildman–Crippen MR) is 149 cm³/mol. The van der Waals surface area contributed by atoms with Gasteiger partial charge in [0.2, 0.25) is 18.6 Å². The summed E-state index contributed by atoms with van der Waals surface area (Å²) in [5, 5.41) is 7.87. The molecule has 0 fully saturated rings. The molecule has 2 aliphatic heterocycles. The highest BCUT2D eigenvalue weighted by Crippen LogP contribution is 2.49. The highest BCUT2D eigenvalue weighted by molar-refractivity contribution is 8.00. The molecule has 1 atom stereocenters. The summed E-state index contributed by atoms with van der Waals surface area (Å²) in [7, 11) is 0. The number of carbonyl (C=O) groups excluding carboxylic acids is 2. The van der Waals surface area contributed by atoms with Gasteiger partial charge in [0.15, 0.2) is 11.5 Å². The van der Waals surface area contributed by atoms with Crippen molar-refractivity contribution in [3.05, 3.63) is 64.8 Å². The lowest BCUT2D eigenvalue weighted by Crippen LogP contribution is -2.44. The van der Waals surface area contributed by atoms with Gasteiger partial charge in [0.25, 0.3) is 0 Å². The van der Waals surface area contributed by atoms with Gasteiger partial charge in [-0.3, -0.25) is 14.5 Å². The Bertz CT molecular complexity index is 1370. The fourth-order valence-electron chi connectivity index (χ4n) is 4.79. The molecular formula is C29H34N4O4S. The maximum absolute atomic E-state index is 13.7. The standard InChI is InChI=1S/C29H34N4O4S/c1-17(2)30-23(34)14-32-24(35)15-38-26(19-9-12-21-22(13-19)37-16-36-21)25-27(29(4,5)6)31-33(28(25)32)20-10-7-18(3)8-11-20/h7-13,17,26H,14-16H2,1-6H3,(H,30,34). The van der Waals surface area contributed by atoms with E-state index in [0.29, 0.717) is 17.3 Å². The summed E-state index contributed by atoms with van der Waals surface area (Å²) in [6.07, 6.45) is 0. The number of anilines is 1. The molecule has 0 saturated heterocycles. The van der Waals surface area contributed by atoms with E-state index in [9.17, 15) is 9.59 Å². The molecule has 8 nitrogen and oxygen atoms in total. The Morgan fingerprint density at radius 1 is 1.13 bits per heavy atom. The lowest BCUT2D eigenvalue weighted by Gasteiger charge is -2.25. The molecule has 0 spiro atoms. The van der Waals surface area contributed by atoms with E-state index < -0.39 is 0 Å². The van der Waals surface area contributed by atoms with E-state index >= 15 is 0 Å². The molecule has 0 radical (unpaired) electrons. The van der Waals surface area contributed by atoms with Crippen LogP contribution in [0.2, 0.25) is 0 Å². The van der Waals surface area contributed by atoms with Crippen LogP contribution in [0, 0.1) is 6.92 Å². The quantitative estimate of drug-likeness (QED) is 0.501. The molecule has 0 bridgehead atoms. The minimum atomic E-state index is -0.325. The van der Waals surface area contributed by atoms with Crippen molar-refractivity contribution in [3.8, 4) is 17.2 Å². The molecule has 9 heteroatoms. The maximum atomic E-state index is 13.7. The minimum Gasteiger partial charge on any atom is -0.454 e. The van der Waals surface area contributed by atoms with Crippen LogP contribution in [0.3, 0.4) is 0 Å². The van der Waals surface area contributed by atoms with Crippen molar-refractivity contribution >= 4 is 29.4 Å². The van der Waals surface area contributed by atoms with Crippen LogP contribution in [0.1, 0.15) is 62.3 Å². The Balaban J connectivity index is 1.75. The highest BCUT2D eigenvalue weighted by Gasteiger charge is 2.40. The molecule has 0 saturated carbocycles. The van der Waals surface area contributed by atoms with Crippen molar-refractivity contribution in [2.75, 3.05) is 24.0 Å². The number of thioether (sulfide) groups is 1. The zero-order valence-corrected chi connectivity index (χ0v) is 23.5. The Kier molecular flexibility index (Phi) is 6.90. The molecule has 1 aromatic heterocycles. The summed E-state index contributed by atoms with van der Waals surface area (Å²) in [5.74, 6) is 1.92. The molecule has 3 heterocycles. The number of hydrogen-bond donors (Lipinski definition) is 1. The second kappa shape index (κ2) is 10.0. The summed E-state index contributed by atoms with van der Waals surface area (Å²) in [6.45, 7) is 12.3. The van der Waals surface area contributed by atoms with E-state index in [-0.39, 0.29) is 47.6 Å². The third kappa shape index (κ3) is 4.99. The second-order valence-electron chi connectivity index (χ2n) is 11.1. The molecule has 1 unspecified atom stereocenters. The van der Waals surface area contributed by atoms with Crippen LogP contribution in [-0.2, 0) is 15.0 Å². The van der Waals surface area contributed by atoms with E-state index in [1.165, 1.54) is 0 Å². The van der Waals surface area contributed by atoms with Gasteiger partial charge in [-0.1, -0.05) is 44.5 Å². The van der Waals surface area contributed by atoms with Crippen LogP contribution in [0.15, 0.2) is 42.5 Å². The topological polar surface area (TPSA) is 85.7 Å². The zero-order chi connectivity index (χ0) is 27.2. The SMILES string of the molecule is Cc1ccc(-n2nc(C(C)(C)C)c3c2N(CC(=O)NC(C)C)C(=O)CSC3c2ccc3c(c2)OCO3)cc1. The van der Waals surface area contributed by atoms with Gasteiger partial charge in [0, 0.05) is 17.0 Å². The lowest BCUT2D eigenvalue weighted by molar-refractivity contribution is -0.123. The average Bonchev–Trinajstić information content (AvgIpc) is 3.44. The van der Waals surface area contributed by atoms with Gasteiger partial charge >= 0.3 is 0 Å². The van der Waals surface area contributed by atoms with Gasteiger partial charge in [0.05, 0.1) is 22.4 Å². The van der Waals surface area contributed by atoms with Gasteiger partial charge in [-0.15, -0.1) is 11.8 Å². The number of ether oxygens (including phenoxy) is 2. The van der Waals surface area contributed by atoms with Crippen molar-refractivity contribution in [2.45, 2.75) is 58.2 Å². The Morgan fingerprint density at radius 2 is 1.84 bits per heavy atom. The molecule has 38 heavy (non-hydrogen) atoms. The zero-order valence-electron chi connectivity index (χ0n) is 22.7. The van der Waals surface area contributed by atoms with Crippen molar-refractivity contribution in [3.63, 3.8) is 0 Å². The maximum Gasteiger partial charge on any atom is 0.240 e. The number of aromatic nitrogens is 2. The Morgan fingerprint density at radius 3 is 2.53 bits per heavy atom. The number of aryl methyl sites for hydroxylation is 1. The van der Waals surface area contributed by atoms with Crippen molar-refractivity contribution in [1.82, 2.24) is 15.1 Å². The molecule has 200 valence electrons. The first-order chi connectivity index (χ1) is 18.0. The monoisotopic (exact) mass is 534 g/mol. The Labute approximate surface area is 227 Å². The van der Waals surface area contributed by atoms with Crippen LogP contribution in [0.25, 0.3) is 5.69 Å². The lowest BCUT2D eigenvalue weighted by atomic mass is 9.87. The molecular weight excluding hydrogens is 500 g/mol. The molecule has 5 rings (SSSR count). The van der Waals surface area contributed by atoms with Crippen LogP contribution >= 0.6 is 11.8 Å². The van der Waals surface area contributed by atoms with Crippen LogP contribution < -0.4 is 19.7 Å². The molecule has 0 aliphatic carbocycles. The third-order valence-corrected chi connectivity index (χ3v) is 7.78. The number of benzene rings is 2. The first kappa shape index (κ1) is 26.2. The fraction of sp³-hybridized carbons (Fsp3) is 0.414. The van der Waals surface area contributed by atoms with Crippen molar-refractivity contribution in [1.29, 1.82) is 0 Å². The smallest absolute Gasteiger partial charge is 0.240 e. The normalized spacial score (nSPS) is 17.0. The number of carbonyl (C=O) groups is 2. The van der Waals surface area contributed by atoms with Gasteiger partial charge < -0.3 is 14.8 Å². The summed E-state index contributed by atoms with van der Waals surface area (Å²) >= 11 is 1.55. The van der Waals surface area contributed by atoms with Gasteiger partial charge in [0.1, 0.15) is 12.4 Å². The van der Waals surface area contributed by atoms with Gasteiger partial charge in [-0.05, 0) is 50.6 Å². The molecule has 3 aromatic rings. The first-order valence-corrected chi connectivity index (χ1v) is 13.9. The van der Waals surface area contributed by atoms with Crippen LogP contribution in [0.5, 0.6) is 11.5 Å². The summed E-state index contributed by atoms with van der Waals surface area (Å²) < 4.78 is 13.1. The predicted octanol–water partition coefficient (Wildman–Crippen LogP) is 4.90. The van der Waals surface area contributed by atoms with E-state index in [4.69, 9.17) is 14.6 Å². The largest absolute Gasteiger partial charge is 0.454 e. The summed E-state index contributed by atoms with van der Waals surface area (Å²) in [4.78, 5) is 28.3. The van der Waals surface area contributed by atoms with E-state index in [2.05, 4.69) is 26.1 Å². The highest BCUT2D eigenvalue weighted by atomic mass is 32.2. The molecule has 2 aromatic carbocycles. The fourth-order valence-corrected chi connectivity index (χ4v) is 5.98. The van der Waals surface area contributed by atoms with Crippen LogP contribution in [-0.4, -0.2) is 46.7 Å². The Hall–Kier alpha value is -3.46. The third-order valence-electron chi connectivity index (χ3n) is 6.53. The average molecular weight is 535 g/mol. The minimum absolute atomic E-state index is 0.0352. The van der Waals surface area contributed by atoms with Crippen molar-refractivity contribution in [2.24, 2.45) is 0 Å². The number of nitrogens with one attached hydrogen (secondary N) is 1. The number of fused-ring (bicyclic) bond motifs is 2. The number of hydrogen-bond acceptors (Lipinski definition) is 6. The molecule has 2 amide bonds. The van der Waals surface area contributed by atoms with Gasteiger partial charge in [-0.25, -0.2) is 4.68 Å². The molecule has 2 aliphatic rings. The summed E-state index contributed by atoms with van der Waals surface area (Å²) in [5.41, 5.74) is 4.45. The molecule has 1 N–H and O–H groups in total. The number of amides is 2. The van der Waals surface area contributed by atoms with Crippen molar-refractivity contribution < 1.29 is 19.1 Å². The first-order valence-electron chi connectivity index (χ1n) is 12.8. The van der Waals surface area contributed by atoms with E-state index in [1.807, 2.05) is 67.9 Å².